The lowest BCUT2D eigenvalue weighted by atomic mass is 10.2. The van der Waals surface area contributed by atoms with Gasteiger partial charge in [-0.15, -0.1) is 11.3 Å². The minimum absolute atomic E-state index is 0.163. The number of amides is 1. The fraction of sp³-hybridized carbons (Fsp3) is 0.154. The second-order valence-corrected chi connectivity index (χ2v) is 4.95. The maximum atomic E-state index is 12.1. The molecule has 2 aromatic heterocycles. The second-order valence-electron chi connectivity index (χ2n) is 4.06. The second kappa shape index (κ2) is 4.81. The van der Waals surface area contributed by atoms with Crippen molar-refractivity contribution in [2.75, 3.05) is 5.32 Å². The van der Waals surface area contributed by atoms with E-state index in [1.54, 1.807) is 12.3 Å². The number of aromatic nitrogens is 3. The summed E-state index contributed by atoms with van der Waals surface area (Å²) in [6.45, 7) is 2.04. The van der Waals surface area contributed by atoms with Crippen molar-refractivity contribution in [2.24, 2.45) is 0 Å². The van der Waals surface area contributed by atoms with Crippen molar-refractivity contribution in [3.8, 4) is 0 Å². The van der Waals surface area contributed by atoms with Crippen LogP contribution in [0.1, 0.15) is 23.1 Å². The van der Waals surface area contributed by atoms with Crippen molar-refractivity contribution >= 4 is 33.4 Å². The van der Waals surface area contributed by atoms with Crippen molar-refractivity contribution in [1.29, 1.82) is 0 Å². The average molecular weight is 272 g/mol. The molecule has 0 saturated carbocycles. The molecule has 0 unspecified atom stereocenters. The van der Waals surface area contributed by atoms with E-state index in [0.717, 1.165) is 23.3 Å². The van der Waals surface area contributed by atoms with Crippen molar-refractivity contribution in [3.63, 3.8) is 0 Å². The Kier molecular flexibility index (Phi) is 3.00. The lowest BCUT2D eigenvalue weighted by molar-refractivity contribution is 0.102. The molecular weight excluding hydrogens is 260 g/mol. The maximum Gasteiger partial charge on any atom is 0.257 e. The molecule has 2 N–H and O–H groups in total. The van der Waals surface area contributed by atoms with Crippen LogP contribution in [0.25, 0.3) is 11.0 Å². The van der Waals surface area contributed by atoms with Crippen LogP contribution in [-0.2, 0) is 6.42 Å². The number of nitrogens with zero attached hydrogens (tertiary/aromatic N) is 2. The Hall–Kier alpha value is -2.21. The van der Waals surface area contributed by atoms with Crippen LogP contribution in [0.3, 0.4) is 0 Å². The fourth-order valence-corrected chi connectivity index (χ4v) is 2.35. The predicted molar refractivity (Wildman–Crippen MR) is 75.5 cm³/mol. The summed E-state index contributed by atoms with van der Waals surface area (Å²) in [5, 5.41) is 5.18. The van der Waals surface area contributed by atoms with Crippen LogP contribution in [0.15, 0.2) is 29.8 Å². The van der Waals surface area contributed by atoms with Crippen LogP contribution >= 0.6 is 11.3 Å². The maximum absolute atomic E-state index is 12.1. The topological polar surface area (TPSA) is 70.7 Å². The van der Waals surface area contributed by atoms with Crippen molar-refractivity contribution in [2.45, 2.75) is 13.3 Å². The molecule has 96 valence electrons. The number of carbonyl (C=O) groups is 1. The number of thiazole rings is 1. The summed E-state index contributed by atoms with van der Waals surface area (Å²) < 4.78 is 0. The van der Waals surface area contributed by atoms with Crippen LogP contribution in [-0.4, -0.2) is 20.9 Å². The van der Waals surface area contributed by atoms with Gasteiger partial charge in [-0.2, -0.15) is 0 Å². The van der Waals surface area contributed by atoms with Gasteiger partial charge in [0.05, 0.1) is 11.0 Å². The average Bonchev–Trinajstić information content (AvgIpc) is 3.05. The van der Waals surface area contributed by atoms with Crippen molar-refractivity contribution < 1.29 is 4.79 Å². The molecule has 0 aliphatic rings. The van der Waals surface area contributed by atoms with Crippen molar-refractivity contribution in [3.05, 3.63) is 41.2 Å². The highest BCUT2D eigenvalue weighted by atomic mass is 32.1. The Balaban J connectivity index is 1.89. The summed E-state index contributed by atoms with van der Waals surface area (Å²) in [4.78, 5) is 23.7. The number of anilines is 1. The molecule has 0 bridgehead atoms. The highest BCUT2D eigenvalue weighted by Gasteiger charge is 2.09. The largest absolute Gasteiger partial charge is 0.342 e. The van der Waals surface area contributed by atoms with Crippen molar-refractivity contribution in [1.82, 2.24) is 15.0 Å². The first-order chi connectivity index (χ1) is 9.26. The van der Waals surface area contributed by atoms with Gasteiger partial charge in [-0.25, -0.2) is 9.97 Å². The molecule has 1 aromatic carbocycles. The monoisotopic (exact) mass is 272 g/mol. The highest BCUT2D eigenvalue weighted by Crippen LogP contribution is 2.16. The van der Waals surface area contributed by atoms with Gasteiger partial charge in [-0.3, -0.25) is 10.1 Å². The number of aryl methyl sites for hydroxylation is 1. The minimum Gasteiger partial charge on any atom is -0.342 e. The van der Waals surface area contributed by atoms with Gasteiger partial charge in [0.1, 0.15) is 5.82 Å². The number of aromatic amines is 1. The Morgan fingerprint density at radius 3 is 3.11 bits per heavy atom. The summed E-state index contributed by atoms with van der Waals surface area (Å²) >= 11 is 1.39. The molecule has 0 spiro atoms. The molecule has 2 heterocycles. The predicted octanol–water partition coefficient (Wildman–Crippen LogP) is 2.83. The Morgan fingerprint density at radius 2 is 2.37 bits per heavy atom. The standard InChI is InChI=1S/C13H12N4OS/c1-2-11-15-9-4-3-8(7-10(9)16-11)12(18)17-13-14-5-6-19-13/h3-7H,2H2,1H3,(H,15,16)(H,14,17,18). The summed E-state index contributed by atoms with van der Waals surface area (Å²) in [7, 11) is 0. The van der Waals surface area contributed by atoms with Gasteiger partial charge in [0.25, 0.3) is 5.91 Å². The Morgan fingerprint density at radius 1 is 1.47 bits per heavy atom. The van der Waals surface area contributed by atoms with E-state index in [2.05, 4.69) is 20.3 Å². The highest BCUT2D eigenvalue weighted by molar-refractivity contribution is 7.13. The van der Waals surface area contributed by atoms with E-state index in [0.29, 0.717) is 10.7 Å². The number of benzene rings is 1. The quantitative estimate of drug-likeness (QED) is 0.770. The number of nitrogens with one attached hydrogen (secondary N) is 2. The number of H-pyrrole nitrogens is 1. The first-order valence-corrected chi connectivity index (χ1v) is 6.83. The molecule has 0 aliphatic heterocycles. The van der Waals surface area contributed by atoms with Gasteiger partial charge in [0, 0.05) is 23.6 Å². The number of imidazole rings is 1. The molecule has 0 fully saturated rings. The van der Waals surface area contributed by atoms with Crippen LogP contribution in [0, 0.1) is 0 Å². The van der Waals surface area contributed by atoms with Crippen LogP contribution < -0.4 is 5.32 Å². The van der Waals surface area contributed by atoms with Gasteiger partial charge in [0.2, 0.25) is 0 Å². The third-order valence-electron chi connectivity index (χ3n) is 2.78. The summed E-state index contributed by atoms with van der Waals surface area (Å²) in [5.74, 6) is 0.761. The summed E-state index contributed by atoms with van der Waals surface area (Å²) in [6.07, 6.45) is 2.50. The summed E-state index contributed by atoms with van der Waals surface area (Å²) in [6, 6.07) is 5.43. The summed E-state index contributed by atoms with van der Waals surface area (Å²) in [5.41, 5.74) is 2.35. The zero-order valence-electron chi connectivity index (χ0n) is 10.3. The molecule has 5 nitrogen and oxygen atoms in total. The first kappa shape index (κ1) is 11.9. The zero-order valence-corrected chi connectivity index (χ0v) is 11.1. The van der Waals surface area contributed by atoms with E-state index in [9.17, 15) is 4.79 Å². The SMILES string of the molecule is CCc1nc2ccc(C(=O)Nc3nccs3)cc2[nH]1. The molecule has 3 rings (SSSR count). The molecule has 3 aromatic rings. The zero-order chi connectivity index (χ0) is 13.2. The van der Waals surface area contributed by atoms with Crippen LogP contribution in [0.4, 0.5) is 5.13 Å². The van der Waals surface area contributed by atoms with Gasteiger partial charge in [-0.1, -0.05) is 6.92 Å². The Labute approximate surface area is 113 Å². The van der Waals surface area contributed by atoms with E-state index in [1.165, 1.54) is 11.3 Å². The van der Waals surface area contributed by atoms with E-state index in [-0.39, 0.29) is 5.91 Å². The molecule has 0 atom stereocenters. The lowest BCUT2D eigenvalue weighted by Crippen LogP contribution is -2.11. The van der Waals surface area contributed by atoms with E-state index >= 15 is 0 Å². The van der Waals surface area contributed by atoms with E-state index in [4.69, 9.17) is 0 Å². The number of hydrogen-bond donors (Lipinski definition) is 2. The normalized spacial score (nSPS) is 10.8. The van der Waals surface area contributed by atoms with Gasteiger partial charge >= 0.3 is 0 Å². The van der Waals surface area contributed by atoms with Crippen LogP contribution in [0.5, 0.6) is 0 Å². The molecule has 0 aliphatic carbocycles. The van der Waals surface area contributed by atoms with Gasteiger partial charge in [-0.05, 0) is 18.2 Å². The molecule has 0 saturated heterocycles. The third-order valence-corrected chi connectivity index (χ3v) is 3.47. The molecule has 1 amide bonds. The smallest absolute Gasteiger partial charge is 0.257 e. The van der Waals surface area contributed by atoms with Gasteiger partial charge < -0.3 is 4.98 Å². The number of carbonyl (C=O) groups excluding carboxylic acids is 1. The fourth-order valence-electron chi connectivity index (χ4n) is 1.83. The van der Waals surface area contributed by atoms with E-state index in [1.807, 2.05) is 24.4 Å². The number of rotatable bonds is 3. The third kappa shape index (κ3) is 2.34. The first-order valence-electron chi connectivity index (χ1n) is 5.95. The molecular formula is C13H12N4OS. The Bertz CT molecular complexity index is 717. The molecule has 6 heteroatoms. The lowest BCUT2D eigenvalue weighted by Gasteiger charge is -2.01. The number of hydrogen-bond acceptors (Lipinski definition) is 4. The number of fused-ring (bicyclic) bond motifs is 1. The molecule has 19 heavy (non-hydrogen) atoms. The minimum atomic E-state index is -0.163. The van der Waals surface area contributed by atoms with Crippen LogP contribution in [0.2, 0.25) is 0 Å². The van der Waals surface area contributed by atoms with Gasteiger partial charge in [0.15, 0.2) is 5.13 Å². The van der Waals surface area contributed by atoms with E-state index < -0.39 is 0 Å². The molecule has 0 radical (unpaired) electrons.